The van der Waals surface area contributed by atoms with E-state index in [9.17, 15) is 4.79 Å². The standard InChI is InChI=1S/C23H33N5O2S/c1-18(21(29)24-13-12-19-9-4-2-5-10-19)31-23-26-25-22(27-14-6-3-7-15-27)28(23)17-20-11-8-16-30-20/h8-9,11,16,18H,2-7,10,12-15,17H2,1H3,(H,24,29). The summed E-state index contributed by atoms with van der Waals surface area (Å²) >= 11 is 1.47. The molecule has 7 nitrogen and oxygen atoms in total. The number of allylic oxidation sites excluding steroid dienone is 1. The van der Waals surface area contributed by atoms with Crippen molar-refractivity contribution in [1.29, 1.82) is 0 Å². The molecule has 1 fully saturated rings. The Morgan fingerprint density at radius 2 is 2.10 bits per heavy atom. The zero-order valence-electron chi connectivity index (χ0n) is 18.4. The second kappa shape index (κ2) is 10.9. The number of hydrogen-bond donors (Lipinski definition) is 1. The van der Waals surface area contributed by atoms with E-state index in [0.29, 0.717) is 13.1 Å². The number of thioether (sulfide) groups is 1. The SMILES string of the molecule is CC(Sc1nnc(N2CCCCC2)n1Cc1ccco1)C(=O)NCCC1=CCCCC1. The molecule has 8 heteroatoms. The van der Waals surface area contributed by atoms with E-state index in [1.54, 1.807) is 6.26 Å². The predicted molar refractivity (Wildman–Crippen MR) is 123 cm³/mol. The molecular formula is C23H33N5O2S. The van der Waals surface area contributed by atoms with Crippen LogP contribution >= 0.6 is 11.8 Å². The second-order valence-corrected chi connectivity index (χ2v) is 9.71. The quantitative estimate of drug-likeness (QED) is 0.457. The Balaban J connectivity index is 1.39. The van der Waals surface area contributed by atoms with Gasteiger partial charge in [0.2, 0.25) is 11.9 Å². The van der Waals surface area contributed by atoms with Crippen molar-refractivity contribution < 1.29 is 9.21 Å². The summed E-state index contributed by atoms with van der Waals surface area (Å²) in [7, 11) is 0. The number of hydrogen-bond acceptors (Lipinski definition) is 6. The first-order valence-electron chi connectivity index (χ1n) is 11.5. The highest BCUT2D eigenvalue weighted by Gasteiger charge is 2.24. The predicted octanol–water partition coefficient (Wildman–Crippen LogP) is 4.40. The van der Waals surface area contributed by atoms with Crippen LogP contribution in [0.2, 0.25) is 0 Å². The van der Waals surface area contributed by atoms with Crippen molar-refractivity contribution in [1.82, 2.24) is 20.1 Å². The summed E-state index contributed by atoms with van der Waals surface area (Å²) in [6.45, 7) is 5.19. The molecule has 0 radical (unpaired) electrons. The van der Waals surface area contributed by atoms with E-state index in [0.717, 1.165) is 36.4 Å². The minimum atomic E-state index is -0.242. The number of nitrogens with one attached hydrogen (secondary N) is 1. The normalized spacial score (nSPS) is 18.0. The summed E-state index contributed by atoms with van der Waals surface area (Å²) < 4.78 is 7.67. The zero-order chi connectivity index (χ0) is 21.5. The van der Waals surface area contributed by atoms with E-state index < -0.39 is 0 Å². The summed E-state index contributed by atoms with van der Waals surface area (Å²) in [5.74, 6) is 1.78. The Kier molecular flexibility index (Phi) is 7.72. The number of furan rings is 1. The van der Waals surface area contributed by atoms with Gasteiger partial charge in [0.25, 0.3) is 0 Å². The third-order valence-corrected chi connectivity index (χ3v) is 7.09. The van der Waals surface area contributed by atoms with E-state index in [1.807, 2.05) is 19.1 Å². The summed E-state index contributed by atoms with van der Waals surface area (Å²) in [5.41, 5.74) is 1.48. The molecule has 31 heavy (non-hydrogen) atoms. The molecule has 3 heterocycles. The van der Waals surface area contributed by atoms with Gasteiger partial charge in [0.1, 0.15) is 5.76 Å². The van der Waals surface area contributed by atoms with Crippen molar-refractivity contribution in [3.8, 4) is 0 Å². The topological polar surface area (TPSA) is 76.2 Å². The molecule has 1 aliphatic carbocycles. The molecule has 0 aromatic carbocycles. The number of piperidine rings is 1. The molecule has 0 bridgehead atoms. The number of anilines is 1. The molecular weight excluding hydrogens is 410 g/mol. The minimum absolute atomic E-state index is 0.0495. The van der Waals surface area contributed by atoms with Crippen LogP contribution in [0.15, 0.2) is 39.6 Å². The van der Waals surface area contributed by atoms with Crippen LogP contribution in [0.5, 0.6) is 0 Å². The minimum Gasteiger partial charge on any atom is -0.467 e. The lowest BCUT2D eigenvalue weighted by Crippen LogP contribution is -2.33. The molecule has 2 aromatic rings. The molecule has 0 spiro atoms. The number of carbonyl (C=O) groups is 1. The maximum atomic E-state index is 12.7. The van der Waals surface area contributed by atoms with Crippen molar-refractivity contribution in [2.75, 3.05) is 24.5 Å². The number of carbonyl (C=O) groups excluding carboxylic acids is 1. The third-order valence-electron chi connectivity index (χ3n) is 6.01. The Hall–Kier alpha value is -2.22. The molecule has 1 aliphatic heterocycles. The van der Waals surface area contributed by atoms with Crippen molar-refractivity contribution in [3.63, 3.8) is 0 Å². The number of amides is 1. The number of rotatable bonds is 9. The Labute approximate surface area is 188 Å². The van der Waals surface area contributed by atoms with E-state index in [2.05, 4.69) is 31.1 Å². The smallest absolute Gasteiger partial charge is 0.233 e. The lowest BCUT2D eigenvalue weighted by molar-refractivity contribution is -0.120. The highest BCUT2D eigenvalue weighted by atomic mass is 32.2. The number of nitrogens with zero attached hydrogens (tertiary/aromatic N) is 4. The average Bonchev–Trinajstić information content (AvgIpc) is 3.46. The molecule has 1 saturated heterocycles. The van der Waals surface area contributed by atoms with Gasteiger partial charge in [0.05, 0.1) is 18.1 Å². The lowest BCUT2D eigenvalue weighted by Gasteiger charge is -2.27. The van der Waals surface area contributed by atoms with E-state index in [1.165, 1.54) is 62.3 Å². The Morgan fingerprint density at radius 3 is 2.84 bits per heavy atom. The van der Waals surface area contributed by atoms with Gasteiger partial charge >= 0.3 is 0 Å². The second-order valence-electron chi connectivity index (χ2n) is 8.41. The monoisotopic (exact) mass is 443 g/mol. The summed E-state index contributed by atoms with van der Waals surface area (Å²) in [6.07, 6.45) is 13.5. The fourth-order valence-electron chi connectivity index (χ4n) is 4.23. The fraction of sp³-hybridized carbons (Fsp3) is 0.609. The van der Waals surface area contributed by atoms with Crippen molar-refractivity contribution in [2.45, 2.75) is 75.2 Å². The fourth-order valence-corrected chi connectivity index (χ4v) is 5.09. The van der Waals surface area contributed by atoms with Gasteiger partial charge in [-0.1, -0.05) is 23.4 Å². The Bertz CT molecular complexity index is 871. The van der Waals surface area contributed by atoms with Crippen LogP contribution in [0.1, 0.15) is 64.1 Å². The maximum absolute atomic E-state index is 12.7. The van der Waals surface area contributed by atoms with Crippen molar-refractivity contribution >= 4 is 23.6 Å². The van der Waals surface area contributed by atoms with Crippen LogP contribution in [-0.2, 0) is 11.3 Å². The molecule has 0 saturated carbocycles. The van der Waals surface area contributed by atoms with Gasteiger partial charge in [-0.2, -0.15) is 0 Å². The molecule has 2 aliphatic rings. The highest BCUT2D eigenvalue weighted by Crippen LogP contribution is 2.28. The molecule has 4 rings (SSSR count). The van der Waals surface area contributed by atoms with E-state index in [4.69, 9.17) is 4.42 Å². The highest BCUT2D eigenvalue weighted by molar-refractivity contribution is 8.00. The molecule has 1 amide bonds. The van der Waals surface area contributed by atoms with Crippen LogP contribution in [0.4, 0.5) is 5.95 Å². The molecule has 1 atom stereocenters. The van der Waals surface area contributed by atoms with Gasteiger partial charge in [0.15, 0.2) is 5.16 Å². The first-order valence-corrected chi connectivity index (χ1v) is 12.4. The van der Waals surface area contributed by atoms with E-state index >= 15 is 0 Å². The first-order chi connectivity index (χ1) is 15.2. The Morgan fingerprint density at radius 1 is 1.23 bits per heavy atom. The summed E-state index contributed by atoms with van der Waals surface area (Å²) in [4.78, 5) is 15.0. The first kappa shape index (κ1) is 22.0. The van der Waals surface area contributed by atoms with Gasteiger partial charge < -0.3 is 14.6 Å². The lowest BCUT2D eigenvalue weighted by atomic mass is 9.97. The zero-order valence-corrected chi connectivity index (χ0v) is 19.2. The van der Waals surface area contributed by atoms with Crippen LogP contribution in [0, 0.1) is 0 Å². The average molecular weight is 444 g/mol. The number of aromatic nitrogens is 3. The van der Waals surface area contributed by atoms with Gasteiger partial charge in [0, 0.05) is 19.6 Å². The van der Waals surface area contributed by atoms with Crippen LogP contribution in [0.3, 0.4) is 0 Å². The van der Waals surface area contributed by atoms with E-state index in [-0.39, 0.29) is 11.2 Å². The summed E-state index contributed by atoms with van der Waals surface area (Å²) in [5, 5.41) is 12.6. The van der Waals surface area contributed by atoms with Gasteiger partial charge in [-0.05, 0) is 70.4 Å². The van der Waals surface area contributed by atoms with Gasteiger partial charge in [-0.15, -0.1) is 10.2 Å². The van der Waals surface area contributed by atoms with Gasteiger partial charge in [-0.3, -0.25) is 9.36 Å². The molecule has 1 unspecified atom stereocenters. The van der Waals surface area contributed by atoms with Gasteiger partial charge in [-0.25, -0.2) is 0 Å². The van der Waals surface area contributed by atoms with Crippen molar-refractivity contribution in [3.05, 3.63) is 35.8 Å². The van der Waals surface area contributed by atoms with Crippen LogP contribution in [-0.4, -0.2) is 45.6 Å². The largest absolute Gasteiger partial charge is 0.467 e. The molecule has 2 aromatic heterocycles. The third kappa shape index (κ3) is 5.93. The van der Waals surface area contributed by atoms with Crippen LogP contribution in [0.25, 0.3) is 0 Å². The van der Waals surface area contributed by atoms with Crippen LogP contribution < -0.4 is 10.2 Å². The summed E-state index contributed by atoms with van der Waals surface area (Å²) in [6, 6.07) is 3.86. The molecule has 1 N–H and O–H groups in total. The maximum Gasteiger partial charge on any atom is 0.233 e. The van der Waals surface area contributed by atoms with Crippen molar-refractivity contribution in [2.24, 2.45) is 0 Å². The molecule has 168 valence electrons.